The van der Waals surface area contributed by atoms with E-state index in [1.165, 1.54) is 12.3 Å². The average molecular weight is 405 g/mol. The van der Waals surface area contributed by atoms with Crippen molar-refractivity contribution < 1.29 is 17.9 Å². The van der Waals surface area contributed by atoms with Gasteiger partial charge in [-0.15, -0.1) is 0 Å². The lowest BCUT2D eigenvalue weighted by atomic mass is 10.2. The quantitative estimate of drug-likeness (QED) is 0.653. The Balaban J connectivity index is 1.64. The molecule has 3 aromatic rings. The van der Waals surface area contributed by atoms with Gasteiger partial charge in [-0.1, -0.05) is 0 Å². The fraction of sp³-hybridized carbons (Fsp3) is 0.263. The lowest BCUT2D eigenvalue weighted by molar-refractivity contribution is -0.154. The molecular weight excluding hydrogens is 387 g/mol. The summed E-state index contributed by atoms with van der Waals surface area (Å²) in [6.45, 7) is 2.39. The molecule has 0 aromatic carbocycles. The standard InChI is InChI=1S/C19H18F3N5O2/c1-11-12(2)26-17(27-18(11)28)14-3-4-15(25-9-14)24-8-13-5-6-23-16(7-13)29-10-19(20,21)22/h3-7,9H,8,10H2,1-2H3,(H,24,25)(H,26,27,28). The Morgan fingerprint density at radius 3 is 2.62 bits per heavy atom. The van der Waals surface area contributed by atoms with Crippen LogP contribution in [0.4, 0.5) is 19.0 Å². The predicted molar refractivity (Wildman–Crippen MR) is 101 cm³/mol. The summed E-state index contributed by atoms with van der Waals surface area (Å²) >= 11 is 0. The largest absolute Gasteiger partial charge is 0.468 e. The Bertz CT molecular complexity index is 1050. The minimum atomic E-state index is -4.42. The fourth-order valence-corrected chi connectivity index (χ4v) is 2.41. The second-order valence-electron chi connectivity index (χ2n) is 6.32. The number of H-pyrrole nitrogens is 1. The third-order valence-corrected chi connectivity index (χ3v) is 4.09. The van der Waals surface area contributed by atoms with Crippen molar-refractivity contribution in [2.45, 2.75) is 26.6 Å². The number of anilines is 1. The molecule has 0 amide bonds. The van der Waals surface area contributed by atoms with Crippen molar-refractivity contribution in [3.05, 3.63) is 63.8 Å². The summed E-state index contributed by atoms with van der Waals surface area (Å²) in [5.41, 5.74) is 2.35. The van der Waals surface area contributed by atoms with Gasteiger partial charge < -0.3 is 15.0 Å². The first kappa shape index (κ1) is 20.3. The van der Waals surface area contributed by atoms with Gasteiger partial charge in [-0.3, -0.25) is 4.79 Å². The Labute approximate surface area is 164 Å². The monoisotopic (exact) mass is 405 g/mol. The molecule has 29 heavy (non-hydrogen) atoms. The highest BCUT2D eigenvalue weighted by Crippen LogP contribution is 2.19. The van der Waals surface area contributed by atoms with Gasteiger partial charge in [-0.05, 0) is 37.6 Å². The smallest absolute Gasteiger partial charge is 0.422 e. The Morgan fingerprint density at radius 2 is 1.97 bits per heavy atom. The van der Waals surface area contributed by atoms with Crippen molar-refractivity contribution in [2.75, 3.05) is 11.9 Å². The van der Waals surface area contributed by atoms with E-state index >= 15 is 0 Å². The first-order chi connectivity index (χ1) is 13.7. The number of ether oxygens (including phenoxy) is 1. The van der Waals surface area contributed by atoms with Crippen LogP contribution in [-0.4, -0.2) is 32.7 Å². The first-order valence-corrected chi connectivity index (χ1v) is 8.63. The highest BCUT2D eigenvalue weighted by atomic mass is 19.4. The van der Waals surface area contributed by atoms with Crippen LogP contribution in [-0.2, 0) is 6.54 Å². The third kappa shape index (κ3) is 5.53. The van der Waals surface area contributed by atoms with Gasteiger partial charge in [0, 0.05) is 41.8 Å². The van der Waals surface area contributed by atoms with E-state index in [-0.39, 0.29) is 11.4 Å². The Hall–Kier alpha value is -3.43. The van der Waals surface area contributed by atoms with Crippen LogP contribution in [0.3, 0.4) is 0 Å². The molecular formula is C19H18F3N5O2. The van der Waals surface area contributed by atoms with E-state index in [0.29, 0.717) is 40.6 Å². The molecule has 0 aliphatic heterocycles. The summed E-state index contributed by atoms with van der Waals surface area (Å²) in [5.74, 6) is 0.877. The summed E-state index contributed by atoms with van der Waals surface area (Å²) in [6.07, 6.45) is -1.47. The average Bonchev–Trinajstić information content (AvgIpc) is 2.69. The fourth-order valence-electron chi connectivity index (χ4n) is 2.41. The van der Waals surface area contributed by atoms with Crippen molar-refractivity contribution in [1.29, 1.82) is 0 Å². The number of aromatic amines is 1. The van der Waals surface area contributed by atoms with Gasteiger partial charge in [0.15, 0.2) is 6.61 Å². The molecule has 2 N–H and O–H groups in total. The van der Waals surface area contributed by atoms with E-state index in [2.05, 4.69) is 30.0 Å². The molecule has 3 aromatic heterocycles. The molecule has 0 spiro atoms. The van der Waals surface area contributed by atoms with Gasteiger partial charge in [-0.2, -0.15) is 13.2 Å². The van der Waals surface area contributed by atoms with E-state index in [1.807, 2.05) is 0 Å². The van der Waals surface area contributed by atoms with Gasteiger partial charge in [0.25, 0.3) is 5.56 Å². The highest BCUT2D eigenvalue weighted by Gasteiger charge is 2.28. The maximum Gasteiger partial charge on any atom is 0.422 e. The Morgan fingerprint density at radius 1 is 1.17 bits per heavy atom. The minimum Gasteiger partial charge on any atom is -0.468 e. The predicted octanol–water partition coefficient (Wildman–Crippen LogP) is 3.40. The van der Waals surface area contributed by atoms with Crippen LogP contribution in [0, 0.1) is 13.8 Å². The molecule has 0 aliphatic carbocycles. The van der Waals surface area contributed by atoms with Gasteiger partial charge in [0.1, 0.15) is 11.6 Å². The molecule has 10 heteroatoms. The zero-order valence-corrected chi connectivity index (χ0v) is 15.7. The van der Waals surface area contributed by atoms with E-state index < -0.39 is 12.8 Å². The number of alkyl halides is 3. The van der Waals surface area contributed by atoms with E-state index in [4.69, 9.17) is 0 Å². The summed E-state index contributed by atoms with van der Waals surface area (Å²) in [6, 6.07) is 6.56. The van der Waals surface area contributed by atoms with Crippen LogP contribution < -0.4 is 15.6 Å². The van der Waals surface area contributed by atoms with Gasteiger partial charge in [0.05, 0.1) is 0 Å². The number of rotatable bonds is 6. The van der Waals surface area contributed by atoms with Crippen LogP contribution in [0.15, 0.2) is 41.5 Å². The maximum atomic E-state index is 12.2. The zero-order valence-electron chi connectivity index (χ0n) is 15.7. The van der Waals surface area contributed by atoms with Crippen molar-refractivity contribution in [1.82, 2.24) is 19.9 Å². The number of aryl methyl sites for hydroxylation is 1. The molecule has 3 rings (SSSR count). The number of hydrogen-bond acceptors (Lipinski definition) is 6. The van der Waals surface area contributed by atoms with Gasteiger partial charge >= 0.3 is 6.18 Å². The highest BCUT2D eigenvalue weighted by molar-refractivity contribution is 5.56. The van der Waals surface area contributed by atoms with Crippen LogP contribution in [0.2, 0.25) is 0 Å². The van der Waals surface area contributed by atoms with Crippen LogP contribution in [0.25, 0.3) is 11.4 Å². The zero-order chi connectivity index (χ0) is 21.0. The Kier molecular flexibility index (Phi) is 5.81. The third-order valence-electron chi connectivity index (χ3n) is 4.09. The summed E-state index contributed by atoms with van der Waals surface area (Å²) in [4.78, 5) is 27.0. The number of aromatic nitrogens is 4. The van der Waals surface area contributed by atoms with Crippen LogP contribution >= 0.6 is 0 Å². The SMILES string of the molecule is Cc1nc(-c2ccc(NCc3ccnc(OCC(F)(F)F)c3)nc2)[nH]c(=O)c1C. The lowest BCUT2D eigenvalue weighted by Crippen LogP contribution is -2.19. The van der Waals surface area contributed by atoms with Gasteiger partial charge in [0.2, 0.25) is 5.88 Å². The van der Waals surface area contributed by atoms with Crippen LogP contribution in [0.5, 0.6) is 5.88 Å². The topological polar surface area (TPSA) is 92.8 Å². The first-order valence-electron chi connectivity index (χ1n) is 8.63. The second-order valence-corrected chi connectivity index (χ2v) is 6.32. The lowest BCUT2D eigenvalue weighted by Gasteiger charge is -2.10. The molecule has 0 saturated heterocycles. The number of hydrogen-bond donors (Lipinski definition) is 2. The molecule has 0 fully saturated rings. The van der Waals surface area contributed by atoms with Crippen molar-refractivity contribution in [2.24, 2.45) is 0 Å². The van der Waals surface area contributed by atoms with E-state index in [1.54, 1.807) is 38.2 Å². The number of nitrogens with zero attached hydrogens (tertiary/aromatic N) is 3. The molecule has 0 aliphatic rings. The number of pyridine rings is 2. The van der Waals surface area contributed by atoms with Gasteiger partial charge in [-0.25, -0.2) is 15.0 Å². The summed E-state index contributed by atoms with van der Waals surface area (Å²) in [7, 11) is 0. The molecule has 0 bridgehead atoms. The minimum absolute atomic E-state index is 0.102. The summed E-state index contributed by atoms with van der Waals surface area (Å²) < 4.78 is 41.3. The van der Waals surface area contributed by atoms with E-state index in [0.717, 1.165) is 0 Å². The van der Waals surface area contributed by atoms with Crippen molar-refractivity contribution in [3.63, 3.8) is 0 Å². The van der Waals surface area contributed by atoms with E-state index in [9.17, 15) is 18.0 Å². The molecule has 0 saturated carbocycles. The normalized spacial score (nSPS) is 11.3. The number of halogens is 3. The molecule has 0 radical (unpaired) electrons. The number of nitrogens with one attached hydrogen (secondary N) is 2. The molecule has 152 valence electrons. The summed E-state index contributed by atoms with van der Waals surface area (Å²) in [5, 5.41) is 3.06. The molecule has 3 heterocycles. The second kappa shape index (κ2) is 8.29. The molecule has 0 unspecified atom stereocenters. The maximum absolute atomic E-state index is 12.2. The van der Waals surface area contributed by atoms with Crippen molar-refractivity contribution in [3.8, 4) is 17.3 Å². The molecule has 7 nitrogen and oxygen atoms in total. The van der Waals surface area contributed by atoms with Crippen LogP contribution in [0.1, 0.15) is 16.8 Å². The van der Waals surface area contributed by atoms with Crippen molar-refractivity contribution >= 4 is 5.82 Å². The molecule has 0 atom stereocenters.